The molecule has 1 unspecified atom stereocenters. The van der Waals surface area contributed by atoms with Gasteiger partial charge in [-0.2, -0.15) is 0 Å². The third-order valence-electron chi connectivity index (χ3n) is 9.45. The molecule has 3 aromatic carbocycles. The highest BCUT2D eigenvalue weighted by atomic mass is 16.5. The van der Waals surface area contributed by atoms with Crippen molar-refractivity contribution < 1.29 is 9.47 Å². The molecule has 45 heavy (non-hydrogen) atoms. The van der Waals surface area contributed by atoms with Gasteiger partial charge in [0.1, 0.15) is 5.69 Å². The lowest BCUT2D eigenvalue weighted by Crippen LogP contribution is -2.21. The zero-order valence-corrected chi connectivity index (χ0v) is 27.6. The molecule has 2 aliphatic heterocycles. The summed E-state index contributed by atoms with van der Waals surface area (Å²) in [5, 5.41) is 0. The van der Waals surface area contributed by atoms with Crippen molar-refractivity contribution in [3.8, 4) is 47.7 Å². The first-order valence-electron chi connectivity index (χ1n) is 17.7. The number of terminal acetylenes is 2. The summed E-state index contributed by atoms with van der Waals surface area (Å²) in [5.41, 5.74) is 5.71. The van der Waals surface area contributed by atoms with E-state index in [2.05, 4.69) is 42.7 Å². The van der Waals surface area contributed by atoms with Crippen LogP contribution in [-0.4, -0.2) is 0 Å². The van der Waals surface area contributed by atoms with Crippen LogP contribution >= 0.6 is 0 Å². The van der Waals surface area contributed by atoms with Gasteiger partial charge in [0.25, 0.3) is 0 Å². The maximum Gasteiger partial charge on any atom is 0.155 e. The van der Waals surface area contributed by atoms with Crippen LogP contribution in [0.2, 0.25) is 0 Å². The molecule has 0 aliphatic carbocycles. The van der Waals surface area contributed by atoms with E-state index in [1.54, 1.807) is 0 Å². The van der Waals surface area contributed by atoms with E-state index in [1.807, 2.05) is 36.4 Å². The minimum absolute atomic E-state index is 0.658. The van der Waals surface area contributed by atoms with E-state index >= 15 is 0 Å². The van der Waals surface area contributed by atoms with Gasteiger partial charge in [0.2, 0.25) is 0 Å². The van der Waals surface area contributed by atoms with Crippen LogP contribution in [0.25, 0.3) is 0 Å². The summed E-state index contributed by atoms with van der Waals surface area (Å²) in [4.78, 5) is 2.24. The molecule has 236 valence electrons. The maximum absolute atomic E-state index is 6.59. The number of ether oxygens (including phenoxy) is 2. The number of fused-ring (bicyclic) bond motifs is 4. The lowest BCUT2D eigenvalue weighted by atomic mass is 9.88. The molecule has 0 saturated carbocycles. The van der Waals surface area contributed by atoms with Crippen LogP contribution in [0.1, 0.15) is 133 Å². The molecule has 2 heterocycles. The normalized spacial score (nSPS) is 13.0. The highest BCUT2D eigenvalue weighted by Gasteiger charge is 2.35. The molecular weight excluding hydrogens is 550 g/mol. The van der Waals surface area contributed by atoms with Crippen molar-refractivity contribution in [2.75, 3.05) is 4.90 Å². The van der Waals surface area contributed by atoms with Crippen LogP contribution in [0.3, 0.4) is 0 Å². The number of rotatable bonds is 18. The minimum Gasteiger partial charge on any atom is -0.453 e. The summed E-state index contributed by atoms with van der Waals surface area (Å²) in [5.74, 6) is 9.35. The topological polar surface area (TPSA) is 21.7 Å². The minimum atomic E-state index is 0.658. The monoisotopic (exact) mass is 601 g/mol. The van der Waals surface area contributed by atoms with Crippen molar-refractivity contribution >= 4 is 17.1 Å². The third kappa shape index (κ3) is 8.27. The van der Waals surface area contributed by atoms with Gasteiger partial charge in [-0.15, -0.1) is 12.8 Å². The molecule has 0 aromatic heterocycles. The van der Waals surface area contributed by atoms with E-state index < -0.39 is 0 Å². The van der Waals surface area contributed by atoms with E-state index in [1.165, 1.54) is 108 Å². The first-order valence-corrected chi connectivity index (χ1v) is 17.7. The van der Waals surface area contributed by atoms with Crippen molar-refractivity contribution in [1.82, 2.24) is 0 Å². The Hall–Kier alpha value is -3.82. The van der Waals surface area contributed by atoms with Crippen molar-refractivity contribution in [3.05, 3.63) is 65.2 Å². The van der Waals surface area contributed by atoms with Crippen molar-refractivity contribution in [2.24, 2.45) is 5.92 Å². The predicted molar refractivity (Wildman–Crippen MR) is 190 cm³/mol. The second-order valence-corrected chi connectivity index (χ2v) is 13.0. The summed E-state index contributed by atoms with van der Waals surface area (Å²) < 4.78 is 13.2. The van der Waals surface area contributed by atoms with Gasteiger partial charge in [-0.1, -0.05) is 128 Å². The van der Waals surface area contributed by atoms with E-state index in [9.17, 15) is 0 Å². The summed E-state index contributed by atoms with van der Waals surface area (Å²) in [6.45, 7) is 4.58. The molecule has 0 bridgehead atoms. The molecule has 2 aliphatic rings. The van der Waals surface area contributed by atoms with Crippen LogP contribution in [0.5, 0.6) is 23.0 Å². The Morgan fingerprint density at radius 3 is 1.47 bits per heavy atom. The molecule has 0 saturated heterocycles. The SMILES string of the molecule is C#Cc1ccc2c(c1)Oc1cc(CC(CCCCCCCC)CCCCCCCCCC)cc3c1N2c1ccc(C#C)cc1O3. The Morgan fingerprint density at radius 1 is 0.578 bits per heavy atom. The first-order chi connectivity index (χ1) is 22.1. The third-order valence-corrected chi connectivity index (χ3v) is 9.45. The number of unbranched alkanes of at least 4 members (excludes halogenated alkanes) is 12. The quantitative estimate of drug-likeness (QED) is 0.0736. The molecular formula is C42H51NO2. The van der Waals surface area contributed by atoms with Gasteiger partial charge >= 0.3 is 0 Å². The average molecular weight is 602 g/mol. The Kier molecular flexibility index (Phi) is 11.9. The molecule has 0 amide bonds. The van der Waals surface area contributed by atoms with Gasteiger partial charge in [-0.05, 0) is 66.4 Å². The van der Waals surface area contributed by atoms with E-state index in [4.69, 9.17) is 22.3 Å². The number of hydrogen-bond acceptors (Lipinski definition) is 3. The second kappa shape index (κ2) is 16.5. The molecule has 0 fully saturated rings. The fourth-order valence-corrected chi connectivity index (χ4v) is 6.94. The zero-order chi connectivity index (χ0) is 31.4. The molecule has 0 N–H and O–H groups in total. The van der Waals surface area contributed by atoms with Crippen LogP contribution in [-0.2, 0) is 6.42 Å². The standard InChI is InChI=1S/C42H51NO2/c1-5-9-11-13-15-16-18-20-22-34(21-19-17-14-12-10-6-2)27-35-30-40-42-41(31-35)45-39-29-33(8-4)24-26-37(39)43(42)36-25-23-32(7-3)28-38(36)44-40/h3-4,23-26,28-31,34H,5-6,9-22,27H2,1-2H3. The van der Waals surface area contributed by atoms with E-state index in [0.717, 1.165) is 57.6 Å². The molecule has 5 rings (SSSR count). The first kappa shape index (κ1) is 32.6. The molecule has 3 aromatic rings. The lowest BCUT2D eigenvalue weighted by molar-refractivity contribution is 0.397. The summed E-state index contributed by atoms with van der Waals surface area (Å²) in [6, 6.07) is 16.4. The molecule has 3 nitrogen and oxygen atoms in total. The Morgan fingerprint density at radius 2 is 1.02 bits per heavy atom. The largest absolute Gasteiger partial charge is 0.453 e. The number of anilines is 3. The van der Waals surface area contributed by atoms with Gasteiger partial charge in [-0.3, -0.25) is 4.90 Å². The van der Waals surface area contributed by atoms with Crippen molar-refractivity contribution in [3.63, 3.8) is 0 Å². The zero-order valence-electron chi connectivity index (χ0n) is 27.6. The number of hydrogen-bond donors (Lipinski definition) is 0. The molecule has 0 spiro atoms. The summed E-state index contributed by atoms with van der Waals surface area (Å²) >= 11 is 0. The number of benzene rings is 3. The highest BCUT2D eigenvalue weighted by molar-refractivity contribution is 5.94. The van der Waals surface area contributed by atoms with Gasteiger partial charge < -0.3 is 9.47 Å². The van der Waals surface area contributed by atoms with Crippen LogP contribution < -0.4 is 14.4 Å². The van der Waals surface area contributed by atoms with Gasteiger partial charge in [-0.25, -0.2) is 0 Å². The molecule has 3 heteroatoms. The fourth-order valence-electron chi connectivity index (χ4n) is 6.94. The highest BCUT2D eigenvalue weighted by Crippen LogP contribution is 2.60. The van der Waals surface area contributed by atoms with Crippen LogP contribution in [0.4, 0.5) is 17.1 Å². The second-order valence-electron chi connectivity index (χ2n) is 13.0. The summed E-state index contributed by atoms with van der Waals surface area (Å²) in [7, 11) is 0. The fraction of sp³-hybridized carbons (Fsp3) is 0.476. The van der Waals surface area contributed by atoms with Crippen molar-refractivity contribution in [2.45, 2.75) is 123 Å². The Labute approximate surface area is 272 Å². The lowest BCUT2D eigenvalue weighted by Gasteiger charge is -2.38. The van der Waals surface area contributed by atoms with Crippen molar-refractivity contribution in [1.29, 1.82) is 0 Å². The predicted octanol–water partition coefficient (Wildman–Crippen LogP) is 12.8. The van der Waals surface area contributed by atoms with Gasteiger partial charge in [0.05, 0.1) is 11.4 Å². The maximum atomic E-state index is 6.59. The van der Waals surface area contributed by atoms with Crippen LogP contribution in [0.15, 0.2) is 48.5 Å². The van der Waals surface area contributed by atoms with E-state index in [0.29, 0.717) is 5.92 Å². The smallest absolute Gasteiger partial charge is 0.155 e. The average Bonchev–Trinajstić information content (AvgIpc) is 3.06. The molecule has 1 atom stereocenters. The Balaban J connectivity index is 1.36. The summed E-state index contributed by atoms with van der Waals surface area (Å²) in [6.07, 6.45) is 34.1. The van der Waals surface area contributed by atoms with Gasteiger partial charge in [0, 0.05) is 11.1 Å². The molecule has 0 radical (unpaired) electrons. The van der Waals surface area contributed by atoms with Crippen LogP contribution in [0, 0.1) is 30.6 Å². The van der Waals surface area contributed by atoms with E-state index in [-0.39, 0.29) is 0 Å². The Bertz CT molecular complexity index is 1420. The number of nitrogens with zero attached hydrogens (tertiary/aromatic N) is 1. The van der Waals surface area contributed by atoms with Gasteiger partial charge in [0.15, 0.2) is 23.0 Å².